The smallest absolute Gasteiger partial charge is 0.0558 e. The Hall–Kier alpha value is -0.160. The Morgan fingerprint density at radius 2 is 2.36 bits per heavy atom. The highest BCUT2D eigenvalue weighted by molar-refractivity contribution is 4.87. The van der Waals surface area contributed by atoms with Gasteiger partial charge < -0.3 is 20.5 Å². The largest absolute Gasteiger partial charge is 0.395 e. The van der Waals surface area contributed by atoms with Crippen molar-refractivity contribution in [2.75, 3.05) is 46.0 Å². The molecule has 1 aliphatic rings. The lowest BCUT2D eigenvalue weighted by Gasteiger charge is -2.32. The van der Waals surface area contributed by atoms with Crippen LogP contribution in [0.25, 0.3) is 0 Å². The first-order chi connectivity index (χ1) is 6.76. The van der Waals surface area contributed by atoms with Crippen molar-refractivity contribution in [1.29, 1.82) is 0 Å². The molecule has 1 rings (SSSR count). The quantitative estimate of drug-likeness (QED) is 0.619. The van der Waals surface area contributed by atoms with E-state index in [-0.39, 0.29) is 12.0 Å². The molecular formula is C10H22N2O2. The van der Waals surface area contributed by atoms with Gasteiger partial charge in [0, 0.05) is 31.7 Å². The minimum absolute atomic E-state index is 0.130. The molecule has 0 aromatic heterocycles. The van der Waals surface area contributed by atoms with E-state index in [1.54, 1.807) is 0 Å². The third-order valence-corrected chi connectivity index (χ3v) is 3.04. The number of nitrogens with two attached hydrogens (primary N) is 1. The van der Waals surface area contributed by atoms with Crippen LogP contribution in [-0.4, -0.2) is 56.0 Å². The third kappa shape index (κ3) is 2.92. The Morgan fingerprint density at radius 3 is 2.79 bits per heavy atom. The summed E-state index contributed by atoms with van der Waals surface area (Å²) in [5.74, 6) is 0. The fourth-order valence-corrected chi connectivity index (χ4v) is 1.96. The van der Waals surface area contributed by atoms with E-state index in [1.807, 2.05) is 0 Å². The number of hydrogen-bond acceptors (Lipinski definition) is 4. The Labute approximate surface area is 86.0 Å². The maximum absolute atomic E-state index is 8.89. The zero-order valence-electron chi connectivity index (χ0n) is 9.04. The Balaban J connectivity index is 2.44. The van der Waals surface area contributed by atoms with Crippen LogP contribution in [0.5, 0.6) is 0 Å². The first-order valence-electron chi connectivity index (χ1n) is 5.37. The van der Waals surface area contributed by atoms with Crippen LogP contribution in [0.1, 0.15) is 13.3 Å². The minimum atomic E-state index is 0.130. The molecule has 14 heavy (non-hydrogen) atoms. The summed E-state index contributed by atoms with van der Waals surface area (Å²) in [7, 11) is 0. The fourth-order valence-electron chi connectivity index (χ4n) is 1.96. The summed E-state index contributed by atoms with van der Waals surface area (Å²) in [4.78, 5) is 2.24. The number of likely N-dealkylation sites (N-methyl/N-ethyl adjacent to an activating group) is 1. The highest BCUT2D eigenvalue weighted by Gasteiger charge is 2.34. The van der Waals surface area contributed by atoms with Gasteiger partial charge in [0.05, 0.1) is 13.2 Å². The summed E-state index contributed by atoms with van der Waals surface area (Å²) < 4.78 is 5.41. The minimum Gasteiger partial charge on any atom is -0.395 e. The predicted octanol–water partition coefficient (Wildman–Crippen LogP) is -0.334. The number of ether oxygens (including phenoxy) is 1. The molecule has 0 spiro atoms. The van der Waals surface area contributed by atoms with Gasteiger partial charge in [-0.2, -0.15) is 0 Å². The first kappa shape index (κ1) is 11.9. The van der Waals surface area contributed by atoms with Gasteiger partial charge in [-0.05, 0) is 13.0 Å². The number of aliphatic hydroxyl groups excluding tert-OH is 1. The van der Waals surface area contributed by atoms with E-state index in [2.05, 4.69) is 11.8 Å². The van der Waals surface area contributed by atoms with Crippen molar-refractivity contribution in [1.82, 2.24) is 4.90 Å². The summed E-state index contributed by atoms with van der Waals surface area (Å²) in [6.45, 7) is 7.24. The number of rotatable bonds is 6. The van der Waals surface area contributed by atoms with Crippen molar-refractivity contribution in [2.45, 2.75) is 13.3 Å². The molecule has 1 atom stereocenters. The van der Waals surface area contributed by atoms with Gasteiger partial charge in [0.1, 0.15) is 0 Å². The van der Waals surface area contributed by atoms with E-state index in [9.17, 15) is 0 Å². The molecule has 0 bridgehead atoms. The summed E-state index contributed by atoms with van der Waals surface area (Å²) in [5, 5.41) is 8.89. The Kier molecular flexibility index (Phi) is 4.81. The zero-order valence-corrected chi connectivity index (χ0v) is 9.04. The summed E-state index contributed by atoms with van der Waals surface area (Å²) in [6, 6.07) is 0. The van der Waals surface area contributed by atoms with Gasteiger partial charge >= 0.3 is 0 Å². The van der Waals surface area contributed by atoms with E-state index in [0.717, 1.165) is 39.3 Å². The molecular weight excluding hydrogens is 180 g/mol. The van der Waals surface area contributed by atoms with E-state index in [4.69, 9.17) is 15.6 Å². The normalized spacial score (nSPS) is 27.4. The second-order valence-electron chi connectivity index (χ2n) is 4.10. The van der Waals surface area contributed by atoms with Crippen LogP contribution in [0.2, 0.25) is 0 Å². The lowest BCUT2D eigenvalue weighted by Crippen LogP contribution is -2.44. The van der Waals surface area contributed by atoms with Gasteiger partial charge in [0.15, 0.2) is 0 Å². The third-order valence-electron chi connectivity index (χ3n) is 3.04. The number of aliphatic hydroxyl groups is 1. The second-order valence-corrected chi connectivity index (χ2v) is 4.10. The van der Waals surface area contributed by atoms with E-state index < -0.39 is 0 Å². The molecule has 1 unspecified atom stereocenters. The van der Waals surface area contributed by atoms with Gasteiger partial charge in [0.25, 0.3) is 0 Å². The molecule has 1 fully saturated rings. The van der Waals surface area contributed by atoms with E-state index in [0.29, 0.717) is 6.54 Å². The van der Waals surface area contributed by atoms with E-state index in [1.165, 1.54) is 0 Å². The van der Waals surface area contributed by atoms with Gasteiger partial charge in [0.2, 0.25) is 0 Å². The molecule has 1 saturated heterocycles. The first-order valence-corrected chi connectivity index (χ1v) is 5.37. The maximum Gasteiger partial charge on any atom is 0.0558 e. The molecule has 4 nitrogen and oxygen atoms in total. The average Bonchev–Trinajstić information content (AvgIpc) is 2.66. The van der Waals surface area contributed by atoms with Gasteiger partial charge in [-0.1, -0.05) is 6.92 Å². The topological polar surface area (TPSA) is 58.7 Å². The van der Waals surface area contributed by atoms with Gasteiger partial charge in [-0.15, -0.1) is 0 Å². The molecule has 0 aromatic rings. The van der Waals surface area contributed by atoms with Crippen molar-refractivity contribution in [3.05, 3.63) is 0 Å². The highest BCUT2D eigenvalue weighted by atomic mass is 16.5. The second kappa shape index (κ2) is 5.66. The highest BCUT2D eigenvalue weighted by Crippen LogP contribution is 2.28. The molecule has 84 valence electrons. The van der Waals surface area contributed by atoms with Crippen molar-refractivity contribution < 1.29 is 9.84 Å². The van der Waals surface area contributed by atoms with E-state index >= 15 is 0 Å². The molecule has 4 heteroatoms. The molecule has 0 radical (unpaired) electrons. The van der Waals surface area contributed by atoms with Crippen LogP contribution in [-0.2, 0) is 4.74 Å². The SMILES string of the molecule is CCN(CCO)CC1(CN)CCOC1. The van der Waals surface area contributed by atoms with Crippen molar-refractivity contribution in [3.63, 3.8) is 0 Å². The average molecular weight is 202 g/mol. The fraction of sp³-hybridized carbons (Fsp3) is 1.00. The summed E-state index contributed by atoms with van der Waals surface area (Å²) in [5.41, 5.74) is 5.93. The predicted molar refractivity (Wildman–Crippen MR) is 56.1 cm³/mol. The molecule has 3 N–H and O–H groups in total. The summed E-state index contributed by atoms with van der Waals surface area (Å²) >= 11 is 0. The Bertz CT molecular complexity index is 158. The van der Waals surface area contributed by atoms with Crippen LogP contribution in [0.15, 0.2) is 0 Å². The zero-order chi connectivity index (χ0) is 10.4. The number of nitrogens with zero attached hydrogens (tertiary/aromatic N) is 1. The molecule has 0 aromatic carbocycles. The number of hydrogen-bond donors (Lipinski definition) is 2. The standard InChI is InChI=1S/C10H22N2O2/c1-2-12(4-5-13)8-10(7-11)3-6-14-9-10/h13H,2-9,11H2,1H3. The molecule has 0 amide bonds. The Morgan fingerprint density at radius 1 is 1.57 bits per heavy atom. The van der Waals surface area contributed by atoms with Crippen LogP contribution in [0.4, 0.5) is 0 Å². The molecule has 1 heterocycles. The van der Waals surface area contributed by atoms with Crippen molar-refractivity contribution in [3.8, 4) is 0 Å². The van der Waals surface area contributed by atoms with Crippen LogP contribution in [0.3, 0.4) is 0 Å². The maximum atomic E-state index is 8.89. The van der Waals surface area contributed by atoms with Crippen LogP contribution in [0, 0.1) is 5.41 Å². The van der Waals surface area contributed by atoms with Crippen molar-refractivity contribution >= 4 is 0 Å². The van der Waals surface area contributed by atoms with Crippen LogP contribution >= 0.6 is 0 Å². The lowest BCUT2D eigenvalue weighted by molar-refractivity contribution is 0.105. The summed E-state index contributed by atoms with van der Waals surface area (Å²) in [6.07, 6.45) is 1.05. The molecule has 0 aliphatic carbocycles. The van der Waals surface area contributed by atoms with Gasteiger partial charge in [-0.25, -0.2) is 0 Å². The molecule has 0 saturated carbocycles. The van der Waals surface area contributed by atoms with Crippen LogP contribution < -0.4 is 5.73 Å². The lowest BCUT2D eigenvalue weighted by atomic mass is 9.87. The van der Waals surface area contributed by atoms with Gasteiger partial charge in [-0.3, -0.25) is 0 Å². The molecule has 1 aliphatic heterocycles. The monoisotopic (exact) mass is 202 g/mol. The van der Waals surface area contributed by atoms with Crippen molar-refractivity contribution in [2.24, 2.45) is 11.1 Å².